The third kappa shape index (κ3) is 6.21. The minimum atomic E-state index is -4.41. The summed E-state index contributed by atoms with van der Waals surface area (Å²) in [6.07, 6.45) is -1.29. The second-order valence-corrected chi connectivity index (χ2v) is 7.52. The molecule has 7 heteroatoms. The van der Waals surface area contributed by atoms with Crippen molar-refractivity contribution < 1.29 is 27.4 Å². The topological polar surface area (TPSA) is 35.5 Å². The van der Waals surface area contributed by atoms with Crippen molar-refractivity contribution in [2.24, 2.45) is 0 Å². The van der Waals surface area contributed by atoms with Gasteiger partial charge in [-0.15, -0.1) is 0 Å². The maximum atomic E-state index is 12.9. The van der Waals surface area contributed by atoms with E-state index in [1.165, 1.54) is 19.3 Å². The van der Waals surface area contributed by atoms with E-state index in [4.69, 9.17) is 9.47 Å². The number of benzene rings is 3. The van der Waals surface area contributed by atoms with Gasteiger partial charge in [-0.2, -0.15) is 13.2 Å². The summed E-state index contributed by atoms with van der Waals surface area (Å²) in [4.78, 5) is 12.3. The summed E-state index contributed by atoms with van der Waals surface area (Å²) < 4.78 is 50.4. The zero-order valence-corrected chi connectivity index (χ0v) is 18.0. The van der Waals surface area contributed by atoms with Crippen LogP contribution in [0.3, 0.4) is 0 Å². The van der Waals surface area contributed by atoms with Crippen LogP contribution in [0.5, 0.6) is 11.5 Å². The summed E-state index contributed by atoms with van der Waals surface area (Å²) in [6, 6.07) is 17.1. The summed E-state index contributed by atoms with van der Waals surface area (Å²) in [5.41, 5.74) is 0.943. The van der Waals surface area contributed by atoms with Gasteiger partial charge in [-0.3, -0.25) is 4.79 Å². The van der Waals surface area contributed by atoms with Crippen molar-refractivity contribution >= 4 is 27.8 Å². The molecular formula is C24H18BrF3O3. The third-order valence-electron chi connectivity index (χ3n) is 4.39. The predicted molar refractivity (Wildman–Crippen MR) is 116 cm³/mol. The highest BCUT2D eigenvalue weighted by molar-refractivity contribution is 9.10. The molecule has 0 atom stereocenters. The van der Waals surface area contributed by atoms with Gasteiger partial charge >= 0.3 is 6.18 Å². The van der Waals surface area contributed by atoms with E-state index in [1.54, 1.807) is 54.6 Å². The Kier molecular flexibility index (Phi) is 7.17. The van der Waals surface area contributed by atoms with E-state index in [1.807, 2.05) is 0 Å². The van der Waals surface area contributed by atoms with Crippen LogP contribution in [0.1, 0.15) is 27.0 Å². The van der Waals surface area contributed by atoms with E-state index in [2.05, 4.69) is 15.9 Å². The molecule has 0 radical (unpaired) electrons. The van der Waals surface area contributed by atoms with E-state index in [9.17, 15) is 18.0 Å². The molecule has 0 aliphatic rings. The van der Waals surface area contributed by atoms with Gasteiger partial charge in [0, 0.05) is 10.0 Å². The molecule has 0 unspecified atom stereocenters. The molecule has 0 amide bonds. The number of methoxy groups -OCH3 is 1. The fraction of sp³-hybridized carbons (Fsp3) is 0.125. The van der Waals surface area contributed by atoms with Crippen LogP contribution in [0, 0.1) is 0 Å². The largest absolute Gasteiger partial charge is 0.493 e. The molecule has 0 heterocycles. The normalized spacial score (nSPS) is 11.5. The number of rotatable bonds is 7. The smallest absolute Gasteiger partial charge is 0.416 e. The summed E-state index contributed by atoms with van der Waals surface area (Å²) in [5, 5.41) is 0. The van der Waals surface area contributed by atoms with Crippen molar-refractivity contribution in [3.8, 4) is 11.5 Å². The average molecular weight is 491 g/mol. The molecule has 31 heavy (non-hydrogen) atoms. The van der Waals surface area contributed by atoms with Gasteiger partial charge in [-0.05, 0) is 65.7 Å². The molecule has 160 valence electrons. The number of allylic oxidation sites excluding steroid dienone is 1. The Morgan fingerprint density at radius 1 is 1.00 bits per heavy atom. The molecule has 0 aromatic heterocycles. The lowest BCUT2D eigenvalue weighted by Crippen LogP contribution is -2.06. The first-order valence-electron chi connectivity index (χ1n) is 9.21. The number of hydrogen-bond acceptors (Lipinski definition) is 3. The van der Waals surface area contributed by atoms with E-state index in [0.717, 1.165) is 16.6 Å². The van der Waals surface area contributed by atoms with Gasteiger partial charge in [-0.1, -0.05) is 40.2 Å². The highest BCUT2D eigenvalue weighted by Crippen LogP contribution is 2.31. The zero-order valence-electron chi connectivity index (χ0n) is 16.4. The number of carbonyl (C=O) groups excluding carboxylic acids is 1. The minimum absolute atomic E-state index is 0.0441. The molecule has 0 bridgehead atoms. The number of hydrogen-bond donors (Lipinski definition) is 0. The molecule has 0 N–H and O–H groups in total. The highest BCUT2D eigenvalue weighted by atomic mass is 79.9. The number of ether oxygens (including phenoxy) is 2. The van der Waals surface area contributed by atoms with Gasteiger partial charge in [-0.25, -0.2) is 0 Å². The average Bonchev–Trinajstić information content (AvgIpc) is 2.76. The lowest BCUT2D eigenvalue weighted by molar-refractivity contribution is -0.137. The number of ketones is 1. The van der Waals surface area contributed by atoms with Crippen LogP contribution in [0.15, 0.2) is 77.3 Å². The van der Waals surface area contributed by atoms with Gasteiger partial charge in [0.05, 0.1) is 12.7 Å². The van der Waals surface area contributed by atoms with Crippen molar-refractivity contribution in [2.45, 2.75) is 12.8 Å². The molecule has 0 saturated carbocycles. The molecule has 3 nitrogen and oxygen atoms in total. The van der Waals surface area contributed by atoms with Crippen LogP contribution in [0.4, 0.5) is 13.2 Å². The standard InChI is InChI=1S/C24H18BrF3O3/c1-30-23-14-16(5-11-21(29)18-7-9-20(25)10-8-18)6-12-22(23)31-15-17-3-2-4-19(13-17)24(26,27)28/h2-14H,15H2,1H3. The van der Waals surface area contributed by atoms with E-state index in [-0.39, 0.29) is 12.4 Å². The number of halogens is 4. The van der Waals surface area contributed by atoms with Crippen LogP contribution < -0.4 is 9.47 Å². The van der Waals surface area contributed by atoms with Crippen LogP contribution in [0.2, 0.25) is 0 Å². The SMILES string of the molecule is COc1cc(C=CC(=O)c2ccc(Br)cc2)ccc1OCc1cccc(C(F)(F)F)c1. The lowest BCUT2D eigenvalue weighted by atomic mass is 10.1. The molecular weight excluding hydrogens is 473 g/mol. The fourth-order valence-corrected chi connectivity index (χ4v) is 3.05. The van der Waals surface area contributed by atoms with Gasteiger partial charge in [0.15, 0.2) is 17.3 Å². The number of alkyl halides is 3. The maximum Gasteiger partial charge on any atom is 0.416 e. The lowest BCUT2D eigenvalue weighted by Gasteiger charge is -2.13. The Hall–Kier alpha value is -3.06. The quantitative estimate of drug-likeness (QED) is 0.265. The Bertz CT molecular complexity index is 1090. The highest BCUT2D eigenvalue weighted by Gasteiger charge is 2.30. The molecule has 0 aliphatic carbocycles. The van der Waals surface area contributed by atoms with Gasteiger partial charge in [0.25, 0.3) is 0 Å². The van der Waals surface area contributed by atoms with E-state index in [0.29, 0.717) is 28.2 Å². The first kappa shape index (κ1) is 22.6. The zero-order chi connectivity index (χ0) is 22.4. The Labute approximate surface area is 186 Å². The van der Waals surface area contributed by atoms with Crippen LogP contribution >= 0.6 is 15.9 Å². The molecule has 3 aromatic carbocycles. The molecule has 3 aromatic rings. The van der Waals surface area contributed by atoms with Crippen molar-refractivity contribution in [3.63, 3.8) is 0 Å². The van der Waals surface area contributed by atoms with Crippen molar-refractivity contribution in [1.82, 2.24) is 0 Å². The summed E-state index contributed by atoms with van der Waals surface area (Å²) in [5.74, 6) is 0.651. The van der Waals surface area contributed by atoms with Crippen molar-refractivity contribution in [3.05, 3.63) is 99.5 Å². The molecule has 0 aliphatic heterocycles. The Balaban J connectivity index is 1.70. The van der Waals surface area contributed by atoms with E-state index < -0.39 is 11.7 Å². The monoisotopic (exact) mass is 490 g/mol. The third-order valence-corrected chi connectivity index (χ3v) is 4.92. The van der Waals surface area contributed by atoms with E-state index >= 15 is 0 Å². The maximum absolute atomic E-state index is 12.9. The van der Waals surface area contributed by atoms with Gasteiger partial charge in [0.2, 0.25) is 0 Å². The van der Waals surface area contributed by atoms with Gasteiger partial charge < -0.3 is 9.47 Å². The predicted octanol–water partition coefficient (Wildman–Crippen LogP) is 6.95. The second kappa shape index (κ2) is 9.83. The molecule has 3 rings (SSSR count). The van der Waals surface area contributed by atoms with Crippen LogP contribution in [-0.2, 0) is 12.8 Å². The second-order valence-electron chi connectivity index (χ2n) is 6.60. The van der Waals surface area contributed by atoms with Crippen molar-refractivity contribution in [1.29, 1.82) is 0 Å². The first-order valence-corrected chi connectivity index (χ1v) is 10.0. The first-order chi connectivity index (χ1) is 14.8. The van der Waals surface area contributed by atoms with Crippen LogP contribution in [0.25, 0.3) is 6.08 Å². The minimum Gasteiger partial charge on any atom is -0.493 e. The summed E-state index contributed by atoms with van der Waals surface area (Å²) >= 11 is 3.33. The van der Waals surface area contributed by atoms with Crippen molar-refractivity contribution in [2.75, 3.05) is 7.11 Å². The summed E-state index contributed by atoms with van der Waals surface area (Å²) in [7, 11) is 1.47. The molecule has 0 saturated heterocycles. The van der Waals surface area contributed by atoms with Gasteiger partial charge in [0.1, 0.15) is 6.61 Å². The molecule has 0 spiro atoms. The Morgan fingerprint density at radius 2 is 1.74 bits per heavy atom. The molecule has 0 fully saturated rings. The fourth-order valence-electron chi connectivity index (χ4n) is 2.79. The Morgan fingerprint density at radius 3 is 2.42 bits per heavy atom. The number of carbonyl (C=O) groups is 1. The summed E-state index contributed by atoms with van der Waals surface area (Å²) in [6.45, 7) is -0.0441. The van der Waals surface area contributed by atoms with Crippen LogP contribution in [-0.4, -0.2) is 12.9 Å².